The second kappa shape index (κ2) is 6.93. The molecule has 1 aromatic heterocycles. The molecule has 0 atom stereocenters. The molecular weight excluding hydrogens is 322 g/mol. The zero-order valence-electron chi connectivity index (χ0n) is 12.1. The van der Waals surface area contributed by atoms with Crippen LogP contribution in [0.3, 0.4) is 0 Å². The third-order valence-electron chi connectivity index (χ3n) is 2.74. The molecule has 0 aliphatic heterocycles. The number of amides is 1. The van der Waals surface area contributed by atoms with E-state index >= 15 is 0 Å². The standard InChI is InChI=1S/C15H13NO6S/c1-21-15(18)11-4-2-6-13(10-11)23(19,20)16-14(17)8-7-12-5-3-9-22-12/h2-10H,1H3,(H,16,17)/b8-7+. The fraction of sp³-hybridized carbons (Fsp3) is 0.0667. The molecule has 23 heavy (non-hydrogen) atoms. The van der Waals surface area contributed by atoms with Gasteiger partial charge in [-0.1, -0.05) is 6.07 Å². The summed E-state index contributed by atoms with van der Waals surface area (Å²) in [4.78, 5) is 22.9. The van der Waals surface area contributed by atoms with E-state index in [0.29, 0.717) is 5.76 Å². The average molecular weight is 335 g/mol. The number of nitrogens with one attached hydrogen (secondary N) is 1. The minimum Gasteiger partial charge on any atom is -0.465 e. The second-order valence-electron chi connectivity index (χ2n) is 4.34. The van der Waals surface area contributed by atoms with Gasteiger partial charge in [-0.2, -0.15) is 0 Å². The SMILES string of the molecule is COC(=O)c1cccc(S(=O)(=O)NC(=O)/C=C/c2ccco2)c1. The van der Waals surface area contributed by atoms with Crippen molar-refractivity contribution < 1.29 is 27.2 Å². The number of hydrogen-bond acceptors (Lipinski definition) is 6. The van der Waals surface area contributed by atoms with Crippen LogP contribution in [0.4, 0.5) is 0 Å². The van der Waals surface area contributed by atoms with E-state index < -0.39 is 21.9 Å². The first-order valence-corrected chi connectivity index (χ1v) is 7.87. The van der Waals surface area contributed by atoms with Crippen molar-refractivity contribution in [2.45, 2.75) is 4.90 Å². The van der Waals surface area contributed by atoms with Gasteiger partial charge in [-0.25, -0.2) is 17.9 Å². The highest BCUT2D eigenvalue weighted by atomic mass is 32.2. The van der Waals surface area contributed by atoms with Gasteiger partial charge < -0.3 is 9.15 Å². The lowest BCUT2D eigenvalue weighted by atomic mass is 10.2. The Kier molecular flexibility index (Phi) is 4.97. The summed E-state index contributed by atoms with van der Waals surface area (Å²) in [6.45, 7) is 0. The van der Waals surface area contributed by atoms with E-state index in [0.717, 1.165) is 12.1 Å². The van der Waals surface area contributed by atoms with Crippen LogP contribution in [-0.4, -0.2) is 27.4 Å². The third kappa shape index (κ3) is 4.30. The predicted octanol–water partition coefficient (Wildman–Crippen LogP) is 1.58. The second-order valence-corrected chi connectivity index (χ2v) is 6.02. The lowest BCUT2D eigenvalue weighted by Crippen LogP contribution is -2.29. The number of methoxy groups -OCH3 is 1. The van der Waals surface area contributed by atoms with Crippen LogP contribution < -0.4 is 4.72 Å². The van der Waals surface area contributed by atoms with Crippen molar-refractivity contribution in [3.63, 3.8) is 0 Å². The largest absolute Gasteiger partial charge is 0.465 e. The zero-order chi connectivity index (χ0) is 16.9. The Balaban J connectivity index is 2.15. The van der Waals surface area contributed by atoms with Crippen LogP contribution >= 0.6 is 0 Å². The van der Waals surface area contributed by atoms with Gasteiger partial charge in [-0.15, -0.1) is 0 Å². The lowest BCUT2D eigenvalue weighted by Gasteiger charge is -2.06. The number of esters is 1. The molecule has 7 nitrogen and oxygen atoms in total. The zero-order valence-corrected chi connectivity index (χ0v) is 12.9. The molecule has 0 aliphatic carbocycles. The number of hydrogen-bond donors (Lipinski definition) is 1. The predicted molar refractivity (Wildman–Crippen MR) is 80.9 cm³/mol. The van der Waals surface area contributed by atoms with E-state index in [1.165, 1.54) is 37.6 Å². The van der Waals surface area contributed by atoms with Crippen LogP contribution in [0.25, 0.3) is 6.08 Å². The van der Waals surface area contributed by atoms with Crippen molar-refractivity contribution in [1.29, 1.82) is 0 Å². The summed E-state index contributed by atoms with van der Waals surface area (Å²) in [5.41, 5.74) is 0.0638. The summed E-state index contributed by atoms with van der Waals surface area (Å²) >= 11 is 0. The van der Waals surface area contributed by atoms with Crippen LogP contribution in [0, 0.1) is 0 Å². The summed E-state index contributed by atoms with van der Waals surface area (Å²) < 4.78 is 35.6. The molecule has 0 saturated heterocycles. The van der Waals surface area contributed by atoms with Crippen LogP contribution in [0.1, 0.15) is 16.1 Å². The van der Waals surface area contributed by atoms with Crippen LogP contribution in [0.5, 0.6) is 0 Å². The number of furan rings is 1. The summed E-state index contributed by atoms with van der Waals surface area (Å²) in [6.07, 6.45) is 3.78. The maximum absolute atomic E-state index is 12.1. The van der Waals surface area contributed by atoms with E-state index in [9.17, 15) is 18.0 Å². The minimum absolute atomic E-state index is 0.0638. The van der Waals surface area contributed by atoms with Gasteiger partial charge in [0.05, 0.1) is 23.8 Å². The van der Waals surface area contributed by atoms with E-state index in [-0.39, 0.29) is 10.5 Å². The van der Waals surface area contributed by atoms with Gasteiger partial charge in [0.15, 0.2) is 0 Å². The number of sulfonamides is 1. The first-order valence-electron chi connectivity index (χ1n) is 6.39. The summed E-state index contributed by atoms with van der Waals surface area (Å²) in [7, 11) is -2.92. The maximum atomic E-state index is 12.1. The van der Waals surface area contributed by atoms with Gasteiger partial charge in [-0.05, 0) is 36.4 Å². The molecule has 2 aromatic rings. The topological polar surface area (TPSA) is 103 Å². The molecule has 0 radical (unpaired) electrons. The Hall–Kier alpha value is -2.87. The van der Waals surface area contributed by atoms with Gasteiger partial charge in [0.1, 0.15) is 5.76 Å². The van der Waals surface area contributed by atoms with E-state index in [2.05, 4.69) is 4.74 Å². The first kappa shape index (κ1) is 16.5. The Morgan fingerprint density at radius 3 is 2.65 bits per heavy atom. The molecule has 120 valence electrons. The van der Waals surface area contributed by atoms with Gasteiger partial charge in [0.2, 0.25) is 0 Å². The number of ether oxygens (including phenoxy) is 1. The molecular formula is C15H13NO6S. The Bertz CT molecular complexity index is 837. The highest BCUT2D eigenvalue weighted by Gasteiger charge is 2.18. The summed E-state index contributed by atoms with van der Waals surface area (Å²) in [5.74, 6) is -1.11. The normalized spacial score (nSPS) is 11.3. The maximum Gasteiger partial charge on any atom is 0.337 e. The molecule has 0 aliphatic rings. The van der Waals surface area contributed by atoms with Gasteiger partial charge in [0, 0.05) is 6.08 Å². The third-order valence-corrected chi connectivity index (χ3v) is 4.09. The molecule has 1 heterocycles. The number of carbonyl (C=O) groups excluding carboxylic acids is 2. The molecule has 0 bridgehead atoms. The monoisotopic (exact) mass is 335 g/mol. The Morgan fingerprint density at radius 2 is 2.00 bits per heavy atom. The number of carbonyl (C=O) groups is 2. The molecule has 0 unspecified atom stereocenters. The first-order chi connectivity index (χ1) is 10.9. The van der Waals surface area contributed by atoms with Crippen molar-refractivity contribution in [2.75, 3.05) is 7.11 Å². The van der Waals surface area contributed by atoms with Crippen molar-refractivity contribution in [2.24, 2.45) is 0 Å². The van der Waals surface area contributed by atoms with Gasteiger partial charge >= 0.3 is 5.97 Å². The van der Waals surface area contributed by atoms with Crippen molar-refractivity contribution in [3.05, 3.63) is 60.1 Å². The highest BCUT2D eigenvalue weighted by Crippen LogP contribution is 2.12. The molecule has 2 rings (SSSR count). The van der Waals surface area contributed by atoms with Gasteiger partial charge in [-0.3, -0.25) is 4.79 Å². The fourth-order valence-corrected chi connectivity index (χ4v) is 2.67. The molecule has 0 saturated carbocycles. The van der Waals surface area contributed by atoms with Crippen molar-refractivity contribution in [3.8, 4) is 0 Å². The van der Waals surface area contributed by atoms with Crippen LogP contribution in [0.2, 0.25) is 0 Å². The lowest BCUT2D eigenvalue weighted by molar-refractivity contribution is -0.114. The van der Waals surface area contributed by atoms with Gasteiger partial charge in [0.25, 0.3) is 15.9 Å². The summed E-state index contributed by atoms with van der Waals surface area (Å²) in [6, 6.07) is 8.41. The Labute approximate surface area is 132 Å². The molecule has 8 heteroatoms. The highest BCUT2D eigenvalue weighted by molar-refractivity contribution is 7.90. The number of benzene rings is 1. The van der Waals surface area contributed by atoms with E-state index in [1.54, 1.807) is 12.1 Å². The quantitative estimate of drug-likeness (QED) is 0.657. The minimum atomic E-state index is -4.10. The van der Waals surface area contributed by atoms with Crippen molar-refractivity contribution in [1.82, 2.24) is 4.72 Å². The Morgan fingerprint density at radius 1 is 1.22 bits per heavy atom. The average Bonchev–Trinajstić information content (AvgIpc) is 3.05. The smallest absolute Gasteiger partial charge is 0.337 e. The molecule has 1 aromatic carbocycles. The molecule has 0 fully saturated rings. The molecule has 0 spiro atoms. The molecule has 1 amide bonds. The summed E-state index contributed by atoms with van der Waals surface area (Å²) in [5, 5.41) is 0. The van der Waals surface area contributed by atoms with Crippen LogP contribution in [-0.2, 0) is 19.6 Å². The number of rotatable bonds is 5. The van der Waals surface area contributed by atoms with E-state index in [4.69, 9.17) is 4.42 Å². The van der Waals surface area contributed by atoms with Crippen LogP contribution in [0.15, 0.2) is 58.1 Å². The molecule has 1 N–H and O–H groups in total. The van der Waals surface area contributed by atoms with Crippen molar-refractivity contribution >= 4 is 28.0 Å². The van der Waals surface area contributed by atoms with E-state index in [1.807, 2.05) is 4.72 Å². The fourth-order valence-electron chi connectivity index (χ4n) is 1.68.